The third kappa shape index (κ3) is 3.11. The van der Waals surface area contributed by atoms with Crippen molar-refractivity contribution in [3.63, 3.8) is 0 Å². The highest BCUT2D eigenvalue weighted by Gasteiger charge is 2.39. The van der Waals surface area contributed by atoms with Crippen molar-refractivity contribution >= 4 is 23.2 Å². The second-order valence-electron chi connectivity index (χ2n) is 4.82. The molecule has 25 heavy (non-hydrogen) atoms. The number of aromatic nitrogens is 4. The lowest BCUT2D eigenvalue weighted by atomic mass is 10.1. The predicted octanol–water partition coefficient (Wildman–Crippen LogP) is 2.09. The zero-order valence-electron chi connectivity index (χ0n) is 12.2. The molecule has 0 aromatic carbocycles. The van der Waals surface area contributed by atoms with Gasteiger partial charge in [-0.25, -0.2) is 19.3 Å². The molecule has 3 heterocycles. The summed E-state index contributed by atoms with van der Waals surface area (Å²) in [5.41, 5.74) is -3.07. The van der Waals surface area contributed by atoms with Gasteiger partial charge in [-0.15, -0.1) is 0 Å². The lowest BCUT2D eigenvalue weighted by Gasteiger charge is -2.15. The van der Waals surface area contributed by atoms with Gasteiger partial charge in [0.1, 0.15) is 5.56 Å². The summed E-state index contributed by atoms with van der Waals surface area (Å²) in [6.07, 6.45) is -0.269. The molecule has 2 N–H and O–H groups in total. The maximum atomic E-state index is 13.2. The molecule has 0 saturated heterocycles. The average Bonchev–Trinajstić information content (AvgIpc) is 3.01. The standard InChI is InChI=1S/C14H8F3N5O3/c15-14(16,17)10-8(1-3-18-11(10)13(24)25)21-12(23)7-5-19-9-2-4-20-22(9)6-7/h1-6H,(H,24,25)(H,18,21,23). The van der Waals surface area contributed by atoms with Gasteiger partial charge in [0.2, 0.25) is 0 Å². The molecule has 0 radical (unpaired) electrons. The Hall–Kier alpha value is -3.50. The first kappa shape index (κ1) is 16.4. The van der Waals surface area contributed by atoms with E-state index in [1.54, 1.807) is 6.07 Å². The molecule has 0 spiro atoms. The van der Waals surface area contributed by atoms with E-state index in [1.807, 2.05) is 5.32 Å². The molecule has 0 saturated carbocycles. The van der Waals surface area contributed by atoms with Crippen molar-refractivity contribution in [2.24, 2.45) is 0 Å². The molecule has 8 nitrogen and oxygen atoms in total. The second-order valence-corrected chi connectivity index (χ2v) is 4.82. The summed E-state index contributed by atoms with van der Waals surface area (Å²) in [4.78, 5) is 30.4. The van der Waals surface area contributed by atoms with Crippen LogP contribution in [0.25, 0.3) is 5.65 Å². The Morgan fingerprint density at radius 2 is 1.92 bits per heavy atom. The number of fused-ring (bicyclic) bond motifs is 1. The number of aromatic carboxylic acids is 1. The number of amides is 1. The molecule has 0 aliphatic heterocycles. The minimum atomic E-state index is -5.02. The van der Waals surface area contributed by atoms with E-state index in [1.165, 1.54) is 23.1 Å². The molecular formula is C14H8F3N5O3. The summed E-state index contributed by atoms with van der Waals surface area (Å²) in [5, 5.41) is 14.8. The number of carboxylic acid groups (broad SMARTS) is 1. The first-order valence-corrected chi connectivity index (χ1v) is 6.67. The maximum absolute atomic E-state index is 13.2. The fourth-order valence-electron chi connectivity index (χ4n) is 2.14. The van der Waals surface area contributed by atoms with Gasteiger partial charge in [0.05, 0.1) is 17.4 Å². The number of rotatable bonds is 3. The van der Waals surface area contributed by atoms with Crippen LogP contribution in [-0.2, 0) is 6.18 Å². The van der Waals surface area contributed by atoms with Crippen molar-refractivity contribution in [3.05, 3.63) is 53.7 Å². The Morgan fingerprint density at radius 1 is 1.16 bits per heavy atom. The number of hydrogen-bond donors (Lipinski definition) is 2. The fourth-order valence-corrected chi connectivity index (χ4v) is 2.14. The quantitative estimate of drug-likeness (QED) is 0.748. The van der Waals surface area contributed by atoms with E-state index in [9.17, 15) is 22.8 Å². The number of halogens is 3. The van der Waals surface area contributed by atoms with E-state index in [0.717, 1.165) is 12.3 Å². The third-order valence-corrected chi connectivity index (χ3v) is 3.19. The van der Waals surface area contributed by atoms with Gasteiger partial charge in [-0.1, -0.05) is 0 Å². The number of anilines is 1. The van der Waals surface area contributed by atoms with Crippen molar-refractivity contribution in [3.8, 4) is 0 Å². The normalized spacial score (nSPS) is 11.5. The van der Waals surface area contributed by atoms with Crippen LogP contribution in [0.3, 0.4) is 0 Å². The third-order valence-electron chi connectivity index (χ3n) is 3.19. The van der Waals surface area contributed by atoms with Crippen LogP contribution < -0.4 is 5.32 Å². The molecule has 0 bridgehead atoms. The molecule has 3 aromatic rings. The predicted molar refractivity (Wildman–Crippen MR) is 77.1 cm³/mol. The average molecular weight is 351 g/mol. The van der Waals surface area contributed by atoms with E-state index in [0.29, 0.717) is 5.65 Å². The number of carbonyl (C=O) groups excluding carboxylic acids is 1. The minimum absolute atomic E-state index is 0.0574. The van der Waals surface area contributed by atoms with Gasteiger partial charge in [-0.2, -0.15) is 18.3 Å². The Bertz CT molecular complexity index is 983. The first-order valence-electron chi connectivity index (χ1n) is 6.67. The van der Waals surface area contributed by atoms with Crippen LogP contribution in [0.1, 0.15) is 26.4 Å². The number of alkyl halides is 3. The van der Waals surface area contributed by atoms with E-state index in [2.05, 4.69) is 15.1 Å². The van der Waals surface area contributed by atoms with Crippen LogP contribution in [0.4, 0.5) is 18.9 Å². The first-order chi connectivity index (χ1) is 11.8. The summed E-state index contributed by atoms with van der Waals surface area (Å²) >= 11 is 0. The number of carboxylic acids is 1. The Labute approximate surface area is 136 Å². The Morgan fingerprint density at radius 3 is 2.60 bits per heavy atom. The summed E-state index contributed by atoms with van der Waals surface area (Å²) < 4.78 is 40.9. The highest BCUT2D eigenvalue weighted by Crippen LogP contribution is 2.36. The maximum Gasteiger partial charge on any atom is 0.420 e. The van der Waals surface area contributed by atoms with Gasteiger partial charge < -0.3 is 10.4 Å². The van der Waals surface area contributed by atoms with E-state index < -0.39 is 35.0 Å². The second kappa shape index (κ2) is 5.85. The molecule has 128 valence electrons. The summed E-state index contributed by atoms with van der Waals surface area (Å²) in [7, 11) is 0. The zero-order valence-corrected chi connectivity index (χ0v) is 12.2. The molecule has 1 amide bonds. The molecule has 0 aliphatic carbocycles. The van der Waals surface area contributed by atoms with Crippen LogP contribution in [0.15, 0.2) is 36.9 Å². The molecular weight excluding hydrogens is 343 g/mol. The zero-order chi connectivity index (χ0) is 18.2. The number of nitrogens with one attached hydrogen (secondary N) is 1. The van der Waals surface area contributed by atoms with Crippen molar-refractivity contribution in [1.82, 2.24) is 19.6 Å². The van der Waals surface area contributed by atoms with E-state index in [-0.39, 0.29) is 5.56 Å². The van der Waals surface area contributed by atoms with Crippen molar-refractivity contribution in [2.45, 2.75) is 6.18 Å². The van der Waals surface area contributed by atoms with Gasteiger partial charge >= 0.3 is 12.1 Å². The summed E-state index contributed by atoms with van der Waals surface area (Å²) in [5.74, 6) is -2.76. The molecule has 0 atom stereocenters. The van der Waals surface area contributed by atoms with Crippen molar-refractivity contribution < 1.29 is 27.9 Å². The van der Waals surface area contributed by atoms with Gasteiger partial charge in [0.25, 0.3) is 5.91 Å². The van der Waals surface area contributed by atoms with Crippen LogP contribution in [0.2, 0.25) is 0 Å². The lowest BCUT2D eigenvalue weighted by Crippen LogP contribution is -2.21. The SMILES string of the molecule is O=C(Nc1ccnc(C(=O)O)c1C(F)(F)F)c1cnc2ccnn2c1. The molecule has 0 fully saturated rings. The smallest absolute Gasteiger partial charge is 0.420 e. The summed E-state index contributed by atoms with van der Waals surface area (Å²) in [6.45, 7) is 0. The number of nitrogens with zero attached hydrogens (tertiary/aromatic N) is 4. The van der Waals surface area contributed by atoms with E-state index >= 15 is 0 Å². The monoisotopic (exact) mass is 351 g/mol. The number of carbonyl (C=O) groups is 2. The Kier molecular flexibility index (Phi) is 3.83. The van der Waals surface area contributed by atoms with Gasteiger partial charge in [0, 0.05) is 24.7 Å². The lowest BCUT2D eigenvalue weighted by molar-refractivity contribution is -0.137. The van der Waals surface area contributed by atoms with Crippen LogP contribution >= 0.6 is 0 Å². The molecule has 11 heteroatoms. The summed E-state index contributed by atoms with van der Waals surface area (Å²) in [6, 6.07) is 2.44. The highest BCUT2D eigenvalue weighted by molar-refractivity contribution is 6.05. The molecule has 0 aliphatic rings. The topological polar surface area (TPSA) is 109 Å². The van der Waals surface area contributed by atoms with Crippen LogP contribution in [0, 0.1) is 0 Å². The van der Waals surface area contributed by atoms with Gasteiger partial charge in [-0.05, 0) is 6.07 Å². The fraction of sp³-hybridized carbons (Fsp3) is 0.0714. The van der Waals surface area contributed by atoms with Gasteiger partial charge in [0.15, 0.2) is 11.3 Å². The van der Waals surface area contributed by atoms with Crippen LogP contribution in [-0.4, -0.2) is 36.6 Å². The minimum Gasteiger partial charge on any atom is -0.476 e. The van der Waals surface area contributed by atoms with Crippen LogP contribution in [0.5, 0.6) is 0 Å². The van der Waals surface area contributed by atoms with E-state index in [4.69, 9.17) is 5.11 Å². The number of pyridine rings is 1. The Balaban J connectivity index is 2.00. The van der Waals surface area contributed by atoms with Crippen molar-refractivity contribution in [1.29, 1.82) is 0 Å². The van der Waals surface area contributed by atoms with Crippen molar-refractivity contribution in [2.75, 3.05) is 5.32 Å². The molecule has 3 aromatic heterocycles. The van der Waals surface area contributed by atoms with Gasteiger partial charge in [-0.3, -0.25) is 4.79 Å². The molecule has 0 unspecified atom stereocenters. The molecule has 3 rings (SSSR count). The largest absolute Gasteiger partial charge is 0.476 e. The number of hydrogen-bond acceptors (Lipinski definition) is 5. The highest BCUT2D eigenvalue weighted by atomic mass is 19.4.